The molecule has 1 atom stereocenters. The average molecular weight is 338 g/mol. The maximum atomic E-state index is 12.5. The Morgan fingerprint density at radius 2 is 1.74 bits per heavy atom. The summed E-state index contributed by atoms with van der Waals surface area (Å²) in [6.07, 6.45) is 0.803. The first-order valence-corrected chi connectivity index (χ1v) is 8.39. The highest BCUT2D eigenvalue weighted by molar-refractivity contribution is 6.30. The molecule has 1 unspecified atom stereocenters. The van der Waals surface area contributed by atoms with Crippen LogP contribution < -0.4 is 5.32 Å². The van der Waals surface area contributed by atoms with Gasteiger partial charge in [-0.3, -0.25) is 9.59 Å². The fraction of sp³-hybridized carbons (Fsp3) is 0.529. The lowest BCUT2D eigenvalue weighted by atomic mass is 10.1. The minimum Gasteiger partial charge on any atom is -0.341 e. The van der Waals surface area contributed by atoms with Crippen LogP contribution in [0.25, 0.3) is 0 Å². The summed E-state index contributed by atoms with van der Waals surface area (Å²) in [5, 5.41) is 3.65. The summed E-state index contributed by atoms with van der Waals surface area (Å²) in [6.45, 7) is 5.14. The number of halogens is 1. The van der Waals surface area contributed by atoms with Gasteiger partial charge in [0.2, 0.25) is 5.91 Å². The van der Waals surface area contributed by atoms with Crippen LogP contribution in [0, 0.1) is 5.92 Å². The summed E-state index contributed by atoms with van der Waals surface area (Å²) < 4.78 is 0. The number of hydrogen-bond acceptors (Lipinski definition) is 3. The van der Waals surface area contributed by atoms with E-state index in [1.54, 1.807) is 24.3 Å². The maximum Gasteiger partial charge on any atom is 0.253 e. The zero-order valence-corrected chi connectivity index (χ0v) is 14.5. The van der Waals surface area contributed by atoms with Crippen molar-refractivity contribution in [1.82, 2.24) is 15.1 Å². The van der Waals surface area contributed by atoms with Gasteiger partial charge in [0, 0.05) is 49.2 Å². The van der Waals surface area contributed by atoms with E-state index in [0.717, 1.165) is 6.42 Å². The Bertz CT molecular complexity index is 547. The Hall–Kier alpha value is -1.59. The Balaban J connectivity index is 1.96. The van der Waals surface area contributed by atoms with E-state index in [1.165, 1.54) is 0 Å². The van der Waals surface area contributed by atoms with Gasteiger partial charge < -0.3 is 15.1 Å². The number of nitrogens with one attached hydrogen (secondary N) is 1. The van der Waals surface area contributed by atoms with Gasteiger partial charge in [0.1, 0.15) is 0 Å². The molecule has 2 rings (SSSR count). The van der Waals surface area contributed by atoms with Crippen LogP contribution in [0.15, 0.2) is 24.3 Å². The first kappa shape index (κ1) is 17.8. The molecular weight excluding hydrogens is 314 g/mol. The van der Waals surface area contributed by atoms with Gasteiger partial charge in [-0.05, 0) is 37.7 Å². The molecule has 5 nitrogen and oxygen atoms in total. The first-order chi connectivity index (χ1) is 11.0. The van der Waals surface area contributed by atoms with Crippen LogP contribution in [0.1, 0.15) is 23.7 Å². The van der Waals surface area contributed by atoms with Gasteiger partial charge >= 0.3 is 0 Å². The van der Waals surface area contributed by atoms with E-state index >= 15 is 0 Å². The molecule has 1 heterocycles. The largest absolute Gasteiger partial charge is 0.341 e. The summed E-state index contributed by atoms with van der Waals surface area (Å²) >= 11 is 5.86. The molecule has 6 heteroatoms. The Kier molecular flexibility index (Phi) is 6.42. The highest BCUT2D eigenvalue weighted by Gasteiger charge is 2.25. The van der Waals surface area contributed by atoms with Crippen molar-refractivity contribution < 1.29 is 9.59 Å². The molecular formula is C17H24ClN3O2. The van der Waals surface area contributed by atoms with Crippen LogP contribution in [0.5, 0.6) is 0 Å². The molecule has 1 saturated heterocycles. The molecule has 1 N–H and O–H groups in total. The molecule has 1 aliphatic heterocycles. The predicted molar refractivity (Wildman–Crippen MR) is 91.6 cm³/mol. The number of carbonyl (C=O) groups is 2. The molecule has 0 aliphatic carbocycles. The number of hydrogen-bond donors (Lipinski definition) is 1. The van der Waals surface area contributed by atoms with Crippen LogP contribution in [0.2, 0.25) is 5.02 Å². The Labute approximate surface area is 142 Å². The van der Waals surface area contributed by atoms with Gasteiger partial charge in [-0.25, -0.2) is 0 Å². The van der Waals surface area contributed by atoms with E-state index in [1.807, 2.05) is 23.8 Å². The molecule has 126 valence electrons. The molecule has 0 radical (unpaired) electrons. The van der Waals surface area contributed by atoms with Crippen molar-refractivity contribution in [2.24, 2.45) is 5.92 Å². The molecule has 0 bridgehead atoms. The third-order valence-electron chi connectivity index (χ3n) is 4.12. The second kappa shape index (κ2) is 8.31. The second-order valence-corrected chi connectivity index (χ2v) is 6.37. The van der Waals surface area contributed by atoms with Gasteiger partial charge in [-0.1, -0.05) is 18.5 Å². The van der Waals surface area contributed by atoms with Crippen molar-refractivity contribution >= 4 is 23.4 Å². The molecule has 1 aromatic rings. The summed E-state index contributed by atoms with van der Waals surface area (Å²) in [7, 11) is 1.85. The smallest absolute Gasteiger partial charge is 0.253 e. The molecule has 1 aromatic carbocycles. The van der Waals surface area contributed by atoms with Crippen molar-refractivity contribution in [2.75, 3.05) is 39.8 Å². The topological polar surface area (TPSA) is 52.7 Å². The summed E-state index contributed by atoms with van der Waals surface area (Å²) in [4.78, 5) is 28.6. The monoisotopic (exact) mass is 337 g/mol. The van der Waals surface area contributed by atoms with Crippen molar-refractivity contribution in [1.29, 1.82) is 0 Å². The lowest BCUT2D eigenvalue weighted by Gasteiger charge is -2.24. The summed E-state index contributed by atoms with van der Waals surface area (Å²) in [5.74, 6) is 0.109. The summed E-state index contributed by atoms with van der Waals surface area (Å²) in [5.41, 5.74) is 0.637. The maximum absolute atomic E-state index is 12.5. The molecule has 23 heavy (non-hydrogen) atoms. The summed E-state index contributed by atoms with van der Waals surface area (Å²) in [6, 6.07) is 6.94. The molecule has 0 spiro atoms. The van der Waals surface area contributed by atoms with E-state index in [4.69, 9.17) is 11.6 Å². The number of nitrogens with zero attached hydrogens (tertiary/aromatic N) is 2. The fourth-order valence-electron chi connectivity index (χ4n) is 2.82. The van der Waals surface area contributed by atoms with Crippen molar-refractivity contribution in [2.45, 2.75) is 13.3 Å². The van der Waals surface area contributed by atoms with Gasteiger partial charge in [-0.2, -0.15) is 0 Å². The SMILES string of the molecule is CNCC(C)C(=O)N1CCCN(C(=O)c2ccc(Cl)cc2)CC1. The Morgan fingerprint density at radius 1 is 1.13 bits per heavy atom. The van der Waals surface area contributed by atoms with E-state index < -0.39 is 0 Å². The van der Waals surface area contributed by atoms with Crippen LogP contribution in [0.3, 0.4) is 0 Å². The van der Waals surface area contributed by atoms with E-state index in [9.17, 15) is 9.59 Å². The minimum atomic E-state index is -0.0430. The second-order valence-electron chi connectivity index (χ2n) is 5.94. The number of benzene rings is 1. The molecule has 0 saturated carbocycles. The average Bonchev–Trinajstić information content (AvgIpc) is 2.80. The molecule has 0 aromatic heterocycles. The lowest BCUT2D eigenvalue weighted by Crippen LogP contribution is -2.41. The Morgan fingerprint density at radius 3 is 2.39 bits per heavy atom. The quantitative estimate of drug-likeness (QED) is 0.912. The first-order valence-electron chi connectivity index (χ1n) is 8.01. The van der Waals surface area contributed by atoms with Gasteiger partial charge in [-0.15, -0.1) is 0 Å². The van der Waals surface area contributed by atoms with Crippen LogP contribution >= 0.6 is 11.6 Å². The highest BCUT2D eigenvalue weighted by atomic mass is 35.5. The molecule has 2 amide bonds. The lowest BCUT2D eigenvalue weighted by molar-refractivity contribution is -0.134. The van der Waals surface area contributed by atoms with Gasteiger partial charge in [0.25, 0.3) is 5.91 Å². The molecule has 1 aliphatic rings. The predicted octanol–water partition coefficient (Wildman–Crippen LogP) is 1.87. The third kappa shape index (κ3) is 4.69. The van der Waals surface area contributed by atoms with E-state index in [-0.39, 0.29) is 17.7 Å². The number of amides is 2. The van der Waals surface area contributed by atoms with Crippen LogP contribution in [0.4, 0.5) is 0 Å². The zero-order chi connectivity index (χ0) is 16.8. The molecule has 1 fully saturated rings. The van der Waals surface area contributed by atoms with Gasteiger partial charge in [0.15, 0.2) is 0 Å². The highest BCUT2D eigenvalue weighted by Crippen LogP contribution is 2.14. The normalized spacial score (nSPS) is 16.8. The van der Waals surface area contributed by atoms with Crippen molar-refractivity contribution in [3.8, 4) is 0 Å². The van der Waals surface area contributed by atoms with E-state index in [0.29, 0.717) is 43.3 Å². The number of carbonyl (C=O) groups excluding carboxylic acids is 2. The van der Waals surface area contributed by atoms with Crippen LogP contribution in [-0.2, 0) is 4.79 Å². The third-order valence-corrected chi connectivity index (χ3v) is 4.37. The minimum absolute atomic E-state index is 0.000705. The van der Waals surface area contributed by atoms with E-state index in [2.05, 4.69) is 5.32 Å². The standard InChI is InChI=1S/C17H24ClN3O2/c1-13(12-19-2)16(22)20-8-3-9-21(11-10-20)17(23)14-4-6-15(18)7-5-14/h4-7,13,19H,3,8-12H2,1-2H3. The fourth-order valence-corrected chi connectivity index (χ4v) is 2.95. The van der Waals surface area contributed by atoms with Crippen molar-refractivity contribution in [3.05, 3.63) is 34.9 Å². The number of rotatable bonds is 4. The zero-order valence-electron chi connectivity index (χ0n) is 13.7. The van der Waals surface area contributed by atoms with Crippen LogP contribution in [-0.4, -0.2) is 61.4 Å². The van der Waals surface area contributed by atoms with Gasteiger partial charge in [0.05, 0.1) is 0 Å². The van der Waals surface area contributed by atoms with Crippen molar-refractivity contribution in [3.63, 3.8) is 0 Å².